The molecule has 6 nitrogen and oxygen atoms in total. The Hall–Kier alpha value is -2.14. The van der Waals surface area contributed by atoms with E-state index in [1.165, 1.54) is 17.2 Å². The zero-order valence-corrected chi connectivity index (χ0v) is 20.3. The minimum atomic E-state index is -0.462. The fourth-order valence-electron chi connectivity index (χ4n) is 3.54. The van der Waals surface area contributed by atoms with Crippen LogP contribution in [0.2, 0.25) is 0 Å². The third-order valence-corrected chi connectivity index (χ3v) is 5.20. The second-order valence-electron chi connectivity index (χ2n) is 7.09. The summed E-state index contributed by atoms with van der Waals surface area (Å²) in [4.78, 5) is 6.49. The third kappa shape index (κ3) is 6.67. The highest BCUT2D eigenvalue weighted by molar-refractivity contribution is 14.0. The Balaban J connectivity index is 0.00000341. The summed E-state index contributed by atoms with van der Waals surface area (Å²) < 4.78 is 37.9. The predicted molar refractivity (Wildman–Crippen MR) is 129 cm³/mol. The fraction of sp³-hybridized carbons (Fsp3) is 0.409. The molecule has 0 bridgehead atoms. The van der Waals surface area contributed by atoms with Crippen LogP contribution in [-0.2, 0) is 19.5 Å². The molecule has 1 heterocycles. The van der Waals surface area contributed by atoms with Crippen molar-refractivity contribution in [3.8, 4) is 11.5 Å². The molecule has 3 rings (SSSR count). The van der Waals surface area contributed by atoms with Gasteiger partial charge in [-0.05, 0) is 47.9 Å². The van der Waals surface area contributed by atoms with Gasteiger partial charge in [0.15, 0.2) is 17.5 Å². The lowest BCUT2D eigenvalue weighted by atomic mass is 9.99. The number of benzene rings is 2. The van der Waals surface area contributed by atoms with Gasteiger partial charge in [0.05, 0.1) is 14.2 Å². The number of ether oxygens (including phenoxy) is 2. The maximum atomic E-state index is 13.8. The summed E-state index contributed by atoms with van der Waals surface area (Å²) in [5.41, 5.74) is 2.78. The molecule has 0 fully saturated rings. The maximum Gasteiger partial charge on any atom is 0.191 e. The average molecular weight is 546 g/mol. The van der Waals surface area contributed by atoms with Gasteiger partial charge in [0, 0.05) is 45.3 Å². The molecule has 2 aromatic carbocycles. The van der Waals surface area contributed by atoms with Gasteiger partial charge in [0.1, 0.15) is 11.6 Å². The van der Waals surface area contributed by atoms with Gasteiger partial charge in [0.2, 0.25) is 0 Å². The number of rotatable bonds is 7. The van der Waals surface area contributed by atoms with E-state index in [9.17, 15) is 8.78 Å². The van der Waals surface area contributed by atoms with Gasteiger partial charge in [-0.1, -0.05) is 0 Å². The van der Waals surface area contributed by atoms with Gasteiger partial charge in [-0.25, -0.2) is 8.78 Å². The molecular weight excluding hydrogens is 517 g/mol. The molecule has 1 aliphatic heterocycles. The summed E-state index contributed by atoms with van der Waals surface area (Å²) in [5, 5.41) is 6.24. The zero-order chi connectivity index (χ0) is 21.5. The number of guanidine groups is 1. The minimum absolute atomic E-state index is 0. The molecule has 0 saturated carbocycles. The van der Waals surface area contributed by atoms with E-state index in [-0.39, 0.29) is 36.1 Å². The van der Waals surface area contributed by atoms with Crippen LogP contribution in [-0.4, -0.2) is 51.8 Å². The van der Waals surface area contributed by atoms with Crippen molar-refractivity contribution in [2.75, 3.05) is 40.9 Å². The van der Waals surface area contributed by atoms with Crippen molar-refractivity contribution in [1.29, 1.82) is 0 Å². The monoisotopic (exact) mass is 546 g/mol. The largest absolute Gasteiger partial charge is 0.493 e. The second-order valence-corrected chi connectivity index (χ2v) is 7.09. The van der Waals surface area contributed by atoms with Gasteiger partial charge >= 0.3 is 0 Å². The Kier molecular flexibility index (Phi) is 9.76. The first-order valence-electron chi connectivity index (χ1n) is 9.88. The van der Waals surface area contributed by atoms with Gasteiger partial charge < -0.3 is 20.1 Å². The summed E-state index contributed by atoms with van der Waals surface area (Å²) in [7, 11) is 4.94. The van der Waals surface area contributed by atoms with E-state index < -0.39 is 11.6 Å². The van der Waals surface area contributed by atoms with Crippen LogP contribution < -0.4 is 20.1 Å². The number of nitrogens with zero attached hydrogens (tertiary/aromatic N) is 2. The predicted octanol–water partition coefficient (Wildman–Crippen LogP) is 3.32. The standard InChI is InChI=1S/C22H28F2N4O2.HI/c1-25-22(27-13-16-10-18(23)4-5-19(16)24)26-7-9-28-8-6-15-11-20(29-2)21(30-3)12-17(15)14-28;/h4-5,10-12H,6-9,13-14H2,1-3H3,(H2,25,26,27);1H. The van der Waals surface area contributed by atoms with Crippen LogP contribution in [0.25, 0.3) is 0 Å². The van der Waals surface area contributed by atoms with E-state index in [1.807, 2.05) is 6.07 Å². The fourth-order valence-corrected chi connectivity index (χ4v) is 3.54. The highest BCUT2D eigenvalue weighted by Crippen LogP contribution is 2.33. The molecule has 0 radical (unpaired) electrons. The molecule has 2 aromatic rings. The molecule has 0 aliphatic carbocycles. The molecule has 2 N–H and O–H groups in total. The number of halogens is 3. The normalized spacial score (nSPS) is 13.8. The van der Waals surface area contributed by atoms with Crippen LogP contribution in [0.5, 0.6) is 11.5 Å². The van der Waals surface area contributed by atoms with Crippen LogP contribution >= 0.6 is 24.0 Å². The Morgan fingerprint density at radius 2 is 1.77 bits per heavy atom. The minimum Gasteiger partial charge on any atom is -0.493 e. The lowest BCUT2D eigenvalue weighted by molar-refractivity contribution is 0.256. The quantitative estimate of drug-likeness (QED) is 0.317. The van der Waals surface area contributed by atoms with Crippen LogP contribution in [0.4, 0.5) is 8.78 Å². The van der Waals surface area contributed by atoms with Crippen LogP contribution in [0.15, 0.2) is 35.3 Å². The number of methoxy groups -OCH3 is 2. The summed E-state index contributed by atoms with van der Waals surface area (Å²) in [5.74, 6) is 1.14. The molecular formula is C22H29F2IN4O2. The molecule has 0 unspecified atom stereocenters. The SMILES string of the molecule is CN=C(NCCN1CCc2cc(OC)c(OC)cc2C1)NCc1cc(F)ccc1F.I. The highest BCUT2D eigenvalue weighted by Gasteiger charge is 2.19. The van der Waals surface area contributed by atoms with E-state index >= 15 is 0 Å². The van der Waals surface area contributed by atoms with E-state index in [0.717, 1.165) is 49.7 Å². The number of hydrogen-bond donors (Lipinski definition) is 2. The number of nitrogens with one attached hydrogen (secondary N) is 2. The molecule has 0 atom stereocenters. The van der Waals surface area contributed by atoms with Crippen molar-refractivity contribution in [1.82, 2.24) is 15.5 Å². The van der Waals surface area contributed by atoms with Crippen LogP contribution in [0, 0.1) is 11.6 Å². The molecule has 0 aromatic heterocycles. The molecule has 1 aliphatic rings. The topological polar surface area (TPSA) is 58.1 Å². The van der Waals surface area contributed by atoms with Gasteiger partial charge in [-0.15, -0.1) is 24.0 Å². The molecule has 0 saturated heterocycles. The summed E-state index contributed by atoms with van der Waals surface area (Å²) in [6, 6.07) is 7.52. The van der Waals surface area contributed by atoms with Gasteiger partial charge in [-0.3, -0.25) is 9.89 Å². The van der Waals surface area contributed by atoms with E-state index in [0.29, 0.717) is 12.5 Å². The van der Waals surface area contributed by atoms with Crippen molar-refractivity contribution >= 4 is 29.9 Å². The maximum absolute atomic E-state index is 13.8. The lowest BCUT2D eigenvalue weighted by Gasteiger charge is -2.29. The van der Waals surface area contributed by atoms with Gasteiger partial charge in [0.25, 0.3) is 0 Å². The summed E-state index contributed by atoms with van der Waals surface area (Å²) in [6.07, 6.45) is 0.946. The van der Waals surface area contributed by atoms with E-state index in [2.05, 4.69) is 26.6 Å². The van der Waals surface area contributed by atoms with Crippen molar-refractivity contribution in [2.24, 2.45) is 4.99 Å². The van der Waals surface area contributed by atoms with E-state index in [1.54, 1.807) is 21.3 Å². The first-order chi connectivity index (χ1) is 14.5. The van der Waals surface area contributed by atoms with Crippen molar-refractivity contribution in [2.45, 2.75) is 19.5 Å². The Bertz CT molecular complexity index is 911. The number of fused-ring (bicyclic) bond motifs is 1. The third-order valence-electron chi connectivity index (χ3n) is 5.20. The smallest absolute Gasteiger partial charge is 0.191 e. The van der Waals surface area contributed by atoms with Crippen molar-refractivity contribution < 1.29 is 18.3 Å². The summed E-state index contributed by atoms with van der Waals surface area (Å²) >= 11 is 0. The van der Waals surface area contributed by atoms with Crippen molar-refractivity contribution in [3.05, 3.63) is 58.7 Å². The molecule has 0 spiro atoms. The second kappa shape index (κ2) is 12.0. The molecule has 170 valence electrons. The first-order valence-corrected chi connectivity index (χ1v) is 9.88. The zero-order valence-electron chi connectivity index (χ0n) is 18.0. The highest BCUT2D eigenvalue weighted by atomic mass is 127. The van der Waals surface area contributed by atoms with Crippen molar-refractivity contribution in [3.63, 3.8) is 0 Å². The lowest BCUT2D eigenvalue weighted by Crippen LogP contribution is -2.42. The van der Waals surface area contributed by atoms with Crippen LogP contribution in [0.1, 0.15) is 16.7 Å². The van der Waals surface area contributed by atoms with Crippen LogP contribution in [0.3, 0.4) is 0 Å². The molecule has 9 heteroatoms. The molecule has 31 heavy (non-hydrogen) atoms. The first kappa shape index (κ1) is 25.1. The Morgan fingerprint density at radius 1 is 1.06 bits per heavy atom. The Labute approximate surface area is 199 Å². The number of hydrogen-bond acceptors (Lipinski definition) is 4. The summed E-state index contributed by atoms with van der Waals surface area (Å²) in [6.45, 7) is 3.43. The Morgan fingerprint density at radius 3 is 2.45 bits per heavy atom. The molecule has 0 amide bonds. The average Bonchev–Trinajstić information content (AvgIpc) is 2.77. The van der Waals surface area contributed by atoms with E-state index in [4.69, 9.17) is 9.47 Å². The number of aliphatic imine (C=N–C) groups is 1. The van der Waals surface area contributed by atoms with Gasteiger partial charge in [-0.2, -0.15) is 0 Å².